The van der Waals surface area contributed by atoms with Crippen molar-refractivity contribution in [2.24, 2.45) is 29.6 Å². The van der Waals surface area contributed by atoms with Crippen molar-refractivity contribution < 1.29 is 14.7 Å². The smallest absolute Gasteiger partial charge is 0.326 e. The van der Waals surface area contributed by atoms with Crippen molar-refractivity contribution in [3.8, 4) is 0 Å². The van der Waals surface area contributed by atoms with Gasteiger partial charge in [-0.2, -0.15) is 0 Å². The highest BCUT2D eigenvalue weighted by Gasteiger charge is 2.54. The minimum absolute atomic E-state index is 0.129. The van der Waals surface area contributed by atoms with Gasteiger partial charge < -0.3 is 10.0 Å². The van der Waals surface area contributed by atoms with Gasteiger partial charge in [-0.15, -0.1) is 0 Å². The highest BCUT2D eigenvalue weighted by Crippen LogP contribution is 2.55. The zero-order chi connectivity index (χ0) is 13.1. The molecule has 4 heteroatoms. The van der Waals surface area contributed by atoms with E-state index in [1.807, 2.05) is 0 Å². The van der Waals surface area contributed by atoms with E-state index < -0.39 is 12.0 Å². The van der Waals surface area contributed by atoms with Crippen LogP contribution in [0.25, 0.3) is 0 Å². The summed E-state index contributed by atoms with van der Waals surface area (Å²) in [6, 6.07) is -0.531. The fraction of sp³-hybridized carbons (Fsp3) is 0.867. The molecule has 5 atom stereocenters. The normalized spacial score (nSPS) is 47.1. The van der Waals surface area contributed by atoms with Gasteiger partial charge in [-0.05, 0) is 55.8 Å². The van der Waals surface area contributed by atoms with Gasteiger partial charge in [0.05, 0.1) is 0 Å². The number of carbonyl (C=O) groups excluding carboxylic acids is 1. The van der Waals surface area contributed by atoms with E-state index in [-0.39, 0.29) is 17.7 Å². The summed E-state index contributed by atoms with van der Waals surface area (Å²) in [7, 11) is 0. The molecule has 0 aromatic rings. The molecule has 3 saturated carbocycles. The maximum atomic E-state index is 12.6. The molecule has 4 aliphatic rings. The average molecular weight is 263 g/mol. The van der Waals surface area contributed by atoms with Gasteiger partial charge in [-0.25, -0.2) is 4.79 Å². The summed E-state index contributed by atoms with van der Waals surface area (Å²) in [5, 5.41) is 9.49. The van der Waals surface area contributed by atoms with Crippen LogP contribution < -0.4 is 0 Å². The van der Waals surface area contributed by atoms with Gasteiger partial charge in [0.1, 0.15) is 6.04 Å². The van der Waals surface area contributed by atoms with Crippen molar-refractivity contribution in [2.75, 3.05) is 6.54 Å². The second-order valence-electron chi connectivity index (χ2n) is 7.05. The number of carboxylic acids is 1. The van der Waals surface area contributed by atoms with Crippen LogP contribution in [0.2, 0.25) is 0 Å². The quantitative estimate of drug-likeness (QED) is 0.825. The predicted molar refractivity (Wildman–Crippen MR) is 68.3 cm³/mol. The van der Waals surface area contributed by atoms with Crippen LogP contribution in [0.15, 0.2) is 0 Å². The number of amides is 1. The third kappa shape index (κ3) is 1.72. The number of likely N-dealkylation sites (tertiary alicyclic amines) is 1. The van der Waals surface area contributed by atoms with Gasteiger partial charge in [0.25, 0.3) is 0 Å². The predicted octanol–water partition coefficient (Wildman–Crippen LogP) is 1.74. The number of hydrogen-bond donors (Lipinski definition) is 1. The van der Waals surface area contributed by atoms with E-state index in [4.69, 9.17) is 0 Å². The van der Waals surface area contributed by atoms with Crippen LogP contribution >= 0.6 is 0 Å². The van der Waals surface area contributed by atoms with Crippen LogP contribution in [0.4, 0.5) is 0 Å². The number of nitrogens with zero attached hydrogens (tertiary/aromatic N) is 1. The Kier molecular flexibility index (Phi) is 2.45. The number of aliphatic carboxylic acids is 1. The molecule has 4 nitrogen and oxygen atoms in total. The van der Waals surface area contributed by atoms with Crippen LogP contribution in [-0.4, -0.2) is 34.5 Å². The van der Waals surface area contributed by atoms with Crippen LogP contribution in [0.1, 0.15) is 38.5 Å². The molecule has 1 saturated heterocycles. The maximum absolute atomic E-state index is 12.6. The molecule has 1 N–H and O–H groups in total. The Morgan fingerprint density at radius 3 is 2.42 bits per heavy atom. The lowest BCUT2D eigenvalue weighted by Crippen LogP contribution is -2.45. The minimum atomic E-state index is -0.786. The Morgan fingerprint density at radius 1 is 1.00 bits per heavy atom. The summed E-state index contributed by atoms with van der Waals surface area (Å²) in [5.74, 6) is 1.71. The number of carboxylic acid groups (broad SMARTS) is 1. The van der Waals surface area contributed by atoms with E-state index >= 15 is 0 Å². The molecule has 0 bridgehead atoms. The Bertz CT molecular complexity index is 425. The molecule has 5 unspecified atom stereocenters. The zero-order valence-electron chi connectivity index (χ0n) is 11.1. The lowest BCUT2D eigenvalue weighted by molar-refractivity contribution is -0.151. The van der Waals surface area contributed by atoms with E-state index in [0.717, 1.165) is 43.9 Å². The summed E-state index contributed by atoms with van der Waals surface area (Å²) >= 11 is 0. The van der Waals surface area contributed by atoms with Crippen molar-refractivity contribution in [3.63, 3.8) is 0 Å². The summed E-state index contributed by atoms with van der Waals surface area (Å²) in [4.78, 5) is 25.9. The first-order valence-electron chi connectivity index (χ1n) is 7.68. The fourth-order valence-electron chi connectivity index (χ4n) is 5.00. The van der Waals surface area contributed by atoms with E-state index in [0.29, 0.717) is 12.5 Å². The van der Waals surface area contributed by atoms with Crippen molar-refractivity contribution >= 4 is 11.9 Å². The van der Waals surface area contributed by atoms with Gasteiger partial charge in [0.2, 0.25) is 5.91 Å². The van der Waals surface area contributed by atoms with Gasteiger partial charge in [-0.3, -0.25) is 4.79 Å². The van der Waals surface area contributed by atoms with E-state index in [9.17, 15) is 14.7 Å². The summed E-state index contributed by atoms with van der Waals surface area (Å²) in [6.45, 7) is 0.701. The standard InChI is InChI=1S/C15H21NO3/c17-14(11-5-9-4-10(9)6-11)16-7-8-2-1-3-12(8)13(16)15(18)19/h8-13H,1-7H2,(H,18,19). The molecular formula is C15H21NO3. The molecular weight excluding hydrogens is 242 g/mol. The molecule has 104 valence electrons. The molecule has 19 heavy (non-hydrogen) atoms. The largest absolute Gasteiger partial charge is 0.480 e. The number of carbonyl (C=O) groups is 2. The highest BCUT2D eigenvalue weighted by molar-refractivity contribution is 5.86. The first-order chi connectivity index (χ1) is 9.15. The SMILES string of the molecule is O=C(O)C1C2CCCC2CN1C(=O)C1CC2CC2C1. The number of hydrogen-bond acceptors (Lipinski definition) is 2. The van der Waals surface area contributed by atoms with Crippen molar-refractivity contribution in [1.82, 2.24) is 4.90 Å². The topological polar surface area (TPSA) is 57.6 Å². The second kappa shape index (κ2) is 3.97. The molecule has 1 heterocycles. The second-order valence-corrected chi connectivity index (χ2v) is 7.05. The van der Waals surface area contributed by atoms with Crippen LogP contribution in [0.3, 0.4) is 0 Å². The molecule has 0 aromatic heterocycles. The molecule has 0 aromatic carbocycles. The van der Waals surface area contributed by atoms with Gasteiger partial charge in [0, 0.05) is 12.5 Å². The van der Waals surface area contributed by atoms with Crippen molar-refractivity contribution in [1.29, 1.82) is 0 Å². The summed E-state index contributed by atoms with van der Waals surface area (Å²) in [6.07, 6.45) is 6.56. The number of fused-ring (bicyclic) bond motifs is 2. The molecule has 0 radical (unpaired) electrons. The zero-order valence-corrected chi connectivity index (χ0v) is 11.1. The first kappa shape index (κ1) is 11.7. The Morgan fingerprint density at radius 2 is 1.74 bits per heavy atom. The van der Waals surface area contributed by atoms with Gasteiger partial charge >= 0.3 is 5.97 Å². The highest BCUT2D eigenvalue weighted by atomic mass is 16.4. The average Bonchev–Trinajstić information content (AvgIpc) is 2.80. The Hall–Kier alpha value is -1.06. The monoisotopic (exact) mass is 263 g/mol. The van der Waals surface area contributed by atoms with Crippen LogP contribution in [-0.2, 0) is 9.59 Å². The van der Waals surface area contributed by atoms with Crippen molar-refractivity contribution in [2.45, 2.75) is 44.6 Å². The fourth-order valence-corrected chi connectivity index (χ4v) is 5.00. The Labute approximate surface area is 113 Å². The summed E-state index contributed by atoms with van der Waals surface area (Å²) in [5.41, 5.74) is 0. The van der Waals surface area contributed by atoms with Gasteiger partial charge in [-0.1, -0.05) is 6.42 Å². The molecule has 1 aliphatic heterocycles. The lowest BCUT2D eigenvalue weighted by atomic mass is 9.94. The lowest BCUT2D eigenvalue weighted by Gasteiger charge is -2.27. The van der Waals surface area contributed by atoms with E-state index in [2.05, 4.69) is 0 Å². The first-order valence-corrected chi connectivity index (χ1v) is 7.68. The van der Waals surface area contributed by atoms with Crippen molar-refractivity contribution in [3.05, 3.63) is 0 Å². The van der Waals surface area contributed by atoms with Crippen LogP contribution in [0.5, 0.6) is 0 Å². The van der Waals surface area contributed by atoms with E-state index in [1.165, 1.54) is 6.42 Å². The third-order valence-electron chi connectivity index (χ3n) is 6.02. The molecule has 4 rings (SSSR count). The molecule has 0 spiro atoms. The van der Waals surface area contributed by atoms with Gasteiger partial charge in [0.15, 0.2) is 0 Å². The maximum Gasteiger partial charge on any atom is 0.326 e. The third-order valence-corrected chi connectivity index (χ3v) is 6.02. The molecule has 3 aliphatic carbocycles. The molecule has 1 amide bonds. The Balaban J connectivity index is 1.52. The summed E-state index contributed by atoms with van der Waals surface area (Å²) < 4.78 is 0. The van der Waals surface area contributed by atoms with Crippen LogP contribution in [0, 0.1) is 29.6 Å². The van der Waals surface area contributed by atoms with E-state index in [1.54, 1.807) is 4.90 Å². The minimum Gasteiger partial charge on any atom is -0.480 e. The molecule has 4 fully saturated rings. The number of rotatable bonds is 2.